The number of likely N-dealkylation sites (tertiary alicyclic amines) is 1. The molecule has 148 valence electrons. The van der Waals surface area contributed by atoms with Crippen molar-refractivity contribution in [3.05, 3.63) is 29.8 Å². The van der Waals surface area contributed by atoms with Crippen LogP contribution in [0.2, 0.25) is 0 Å². The summed E-state index contributed by atoms with van der Waals surface area (Å²) in [7, 11) is 0. The minimum Gasteiger partial charge on any atom is -0.352 e. The topological polar surface area (TPSA) is 78.5 Å². The Morgan fingerprint density at radius 1 is 1.22 bits per heavy atom. The Labute approximate surface area is 161 Å². The molecule has 2 N–H and O–H groups in total. The average Bonchev–Trinajstić information content (AvgIpc) is 2.65. The largest absolute Gasteiger partial charge is 0.352 e. The monoisotopic (exact) mass is 373 g/mol. The highest BCUT2D eigenvalue weighted by atomic mass is 16.2. The Bertz CT molecular complexity index is 694. The van der Waals surface area contributed by atoms with Crippen LogP contribution in [0, 0.1) is 11.3 Å². The molecule has 1 aliphatic heterocycles. The van der Waals surface area contributed by atoms with E-state index in [9.17, 15) is 14.4 Å². The van der Waals surface area contributed by atoms with Gasteiger partial charge in [-0.1, -0.05) is 33.8 Å². The molecule has 6 nitrogen and oxygen atoms in total. The van der Waals surface area contributed by atoms with Gasteiger partial charge in [-0.05, 0) is 37.5 Å². The van der Waals surface area contributed by atoms with E-state index < -0.39 is 5.41 Å². The van der Waals surface area contributed by atoms with Crippen molar-refractivity contribution in [3.8, 4) is 0 Å². The van der Waals surface area contributed by atoms with Crippen molar-refractivity contribution in [2.45, 2.75) is 47.0 Å². The third-order valence-electron chi connectivity index (χ3n) is 4.65. The SMILES string of the molecule is CCCNC(=O)c1cccc(NC(=O)C2CCCN(C(=O)C(C)(C)C)C2)c1. The van der Waals surface area contributed by atoms with E-state index in [0.717, 1.165) is 19.3 Å². The first-order valence-electron chi connectivity index (χ1n) is 9.71. The van der Waals surface area contributed by atoms with E-state index in [1.54, 1.807) is 29.2 Å². The Hall–Kier alpha value is -2.37. The molecule has 0 aromatic heterocycles. The quantitative estimate of drug-likeness (QED) is 0.833. The van der Waals surface area contributed by atoms with Gasteiger partial charge in [-0.15, -0.1) is 0 Å². The third-order valence-corrected chi connectivity index (χ3v) is 4.65. The fraction of sp³-hybridized carbons (Fsp3) is 0.571. The zero-order valence-electron chi connectivity index (χ0n) is 16.8. The zero-order valence-corrected chi connectivity index (χ0v) is 16.8. The molecular weight excluding hydrogens is 342 g/mol. The second kappa shape index (κ2) is 9.02. The van der Waals surface area contributed by atoms with Crippen molar-refractivity contribution >= 4 is 23.4 Å². The molecule has 0 spiro atoms. The number of piperidine rings is 1. The molecule has 1 aromatic carbocycles. The molecule has 1 unspecified atom stereocenters. The van der Waals surface area contributed by atoms with Crippen molar-refractivity contribution in [1.82, 2.24) is 10.2 Å². The van der Waals surface area contributed by atoms with Gasteiger partial charge in [0.2, 0.25) is 11.8 Å². The van der Waals surface area contributed by atoms with Gasteiger partial charge < -0.3 is 15.5 Å². The molecule has 1 fully saturated rings. The zero-order chi connectivity index (χ0) is 20.0. The Kier molecular flexibility index (Phi) is 6.99. The van der Waals surface area contributed by atoms with Gasteiger partial charge in [0.1, 0.15) is 0 Å². The highest BCUT2D eigenvalue weighted by Gasteiger charge is 2.33. The summed E-state index contributed by atoms with van der Waals surface area (Å²) < 4.78 is 0. The molecule has 3 amide bonds. The number of amides is 3. The molecule has 0 bridgehead atoms. The summed E-state index contributed by atoms with van der Waals surface area (Å²) in [6.07, 6.45) is 2.45. The third kappa shape index (κ3) is 5.81. The van der Waals surface area contributed by atoms with Crippen molar-refractivity contribution < 1.29 is 14.4 Å². The van der Waals surface area contributed by atoms with E-state index in [1.165, 1.54) is 0 Å². The predicted molar refractivity (Wildman–Crippen MR) is 106 cm³/mol. The maximum Gasteiger partial charge on any atom is 0.251 e. The summed E-state index contributed by atoms with van der Waals surface area (Å²) in [6.45, 7) is 9.45. The van der Waals surface area contributed by atoms with Crippen LogP contribution in [0.25, 0.3) is 0 Å². The Balaban J connectivity index is 2.00. The normalized spacial score (nSPS) is 17.3. The first kappa shape index (κ1) is 20.9. The highest BCUT2D eigenvalue weighted by molar-refractivity contribution is 5.98. The number of carbonyl (C=O) groups excluding carboxylic acids is 3. The van der Waals surface area contributed by atoms with E-state index in [0.29, 0.717) is 30.9 Å². The summed E-state index contributed by atoms with van der Waals surface area (Å²) in [5, 5.41) is 5.73. The standard InChI is InChI=1S/C21H31N3O3/c1-5-11-22-18(25)15-8-6-10-17(13-15)23-19(26)16-9-7-12-24(14-16)20(27)21(2,3)4/h6,8,10,13,16H,5,7,9,11-12,14H2,1-4H3,(H,22,25)(H,23,26). The number of nitrogens with zero attached hydrogens (tertiary/aromatic N) is 1. The fourth-order valence-electron chi connectivity index (χ4n) is 3.17. The smallest absolute Gasteiger partial charge is 0.251 e. The summed E-state index contributed by atoms with van der Waals surface area (Å²) in [4.78, 5) is 39.1. The van der Waals surface area contributed by atoms with Gasteiger partial charge in [-0.25, -0.2) is 0 Å². The lowest BCUT2D eigenvalue weighted by Crippen LogP contribution is -2.47. The first-order chi connectivity index (χ1) is 12.7. The van der Waals surface area contributed by atoms with Crippen LogP contribution in [0.1, 0.15) is 57.3 Å². The van der Waals surface area contributed by atoms with E-state index >= 15 is 0 Å². The number of benzene rings is 1. The van der Waals surface area contributed by atoms with Crippen LogP contribution in [0.15, 0.2) is 24.3 Å². The minimum atomic E-state index is -0.446. The lowest BCUT2D eigenvalue weighted by molar-refractivity contribution is -0.142. The van der Waals surface area contributed by atoms with Crippen molar-refractivity contribution in [3.63, 3.8) is 0 Å². The first-order valence-corrected chi connectivity index (χ1v) is 9.71. The average molecular weight is 373 g/mol. The second-order valence-electron chi connectivity index (χ2n) is 8.17. The number of hydrogen-bond acceptors (Lipinski definition) is 3. The molecule has 0 saturated carbocycles. The van der Waals surface area contributed by atoms with Gasteiger partial charge in [-0.3, -0.25) is 14.4 Å². The minimum absolute atomic E-state index is 0.0783. The highest BCUT2D eigenvalue weighted by Crippen LogP contribution is 2.24. The Morgan fingerprint density at radius 2 is 1.96 bits per heavy atom. The number of hydrogen-bond donors (Lipinski definition) is 2. The van der Waals surface area contributed by atoms with Gasteiger partial charge in [0.25, 0.3) is 5.91 Å². The van der Waals surface area contributed by atoms with Gasteiger partial charge in [0.15, 0.2) is 0 Å². The number of nitrogens with one attached hydrogen (secondary N) is 2. The molecule has 6 heteroatoms. The predicted octanol–water partition coefficient (Wildman–Crippen LogP) is 3.05. The second-order valence-corrected chi connectivity index (χ2v) is 8.17. The Morgan fingerprint density at radius 3 is 2.63 bits per heavy atom. The molecule has 1 aromatic rings. The lowest BCUT2D eigenvalue weighted by atomic mass is 9.91. The van der Waals surface area contributed by atoms with Crippen molar-refractivity contribution in [2.75, 3.05) is 25.0 Å². The number of carbonyl (C=O) groups is 3. The summed E-state index contributed by atoms with van der Waals surface area (Å²) in [6, 6.07) is 6.94. The molecule has 1 aliphatic rings. The van der Waals surface area contributed by atoms with Crippen LogP contribution in [-0.4, -0.2) is 42.3 Å². The molecule has 2 rings (SSSR count). The van der Waals surface area contributed by atoms with Crippen LogP contribution in [0.5, 0.6) is 0 Å². The molecule has 0 radical (unpaired) electrons. The maximum atomic E-state index is 12.7. The van der Waals surface area contributed by atoms with Crippen LogP contribution in [0.4, 0.5) is 5.69 Å². The van der Waals surface area contributed by atoms with Crippen molar-refractivity contribution in [1.29, 1.82) is 0 Å². The van der Waals surface area contributed by atoms with Gasteiger partial charge in [0, 0.05) is 36.3 Å². The van der Waals surface area contributed by atoms with Gasteiger partial charge in [0.05, 0.1) is 5.92 Å². The van der Waals surface area contributed by atoms with Crippen molar-refractivity contribution in [2.24, 2.45) is 11.3 Å². The van der Waals surface area contributed by atoms with Crippen LogP contribution in [0.3, 0.4) is 0 Å². The fourth-order valence-corrected chi connectivity index (χ4v) is 3.17. The summed E-state index contributed by atoms with van der Waals surface area (Å²) in [5.74, 6) is -0.405. The van der Waals surface area contributed by atoms with Crippen LogP contribution in [-0.2, 0) is 9.59 Å². The molecule has 27 heavy (non-hydrogen) atoms. The van der Waals surface area contributed by atoms with E-state index in [1.807, 2.05) is 27.7 Å². The van der Waals surface area contributed by atoms with Gasteiger partial charge >= 0.3 is 0 Å². The number of rotatable bonds is 5. The summed E-state index contributed by atoms with van der Waals surface area (Å²) in [5.41, 5.74) is 0.677. The van der Waals surface area contributed by atoms with Crippen LogP contribution >= 0.6 is 0 Å². The molecule has 1 saturated heterocycles. The maximum absolute atomic E-state index is 12.7. The molecule has 1 atom stereocenters. The van der Waals surface area contributed by atoms with E-state index in [4.69, 9.17) is 0 Å². The lowest BCUT2D eigenvalue weighted by Gasteiger charge is -2.35. The molecule has 1 heterocycles. The van der Waals surface area contributed by atoms with Crippen LogP contribution < -0.4 is 10.6 Å². The molecule has 0 aliphatic carbocycles. The van der Waals surface area contributed by atoms with E-state index in [-0.39, 0.29) is 23.6 Å². The summed E-state index contributed by atoms with van der Waals surface area (Å²) >= 11 is 0. The number of anilines is 1. The van der Waals surface area contributed by atoms with Gasteiger partial charge in [-0.2, -0.15) is 0 Å². The van der Waals surface area contributed by atoms with E-state index in [2.05, 4.69) is 10.6 Å². The molecular formula is C21H31N3O3.